The minimum atomic E-state index is -0.741. The first kappa shape index (κ1) is 12.9. The molecule has 0 bridgehead atoms. The first-order chi connectivity index (χ1) is 9.10. The molecule has 3 fully saturated rings. The zero-order chi connectivity index (χ0) is 13.5. The maximum atomic E-state index is 12.5. The summed E-state index contributed by atoms with van der Waals surface area (Å²) < 4.78 is 5.35. The minimum absolute atomic E-state index is 0.0852. The van der Waals surface area contributed by atoms with Gasteiger partial charge in [0, 0.05) is 12.6 Å². The summed E-state index contributed by atoms with van der Waals surface area (Å²) in [4.78, 5) is 26.3. The van der Waals surface area contributed by atoms with E-state index in [1.165, 1.54) is 0 Å². The molecule has 1 aliphatic heterocycles. The van der Waals surface area contributed by atoms with Crippen molar-refractivity contribution >= 4 is 11.8 Å². The van der Waals surface area contributed by atoms with Gasteiger partial charge in [-0.05, 0) is 32.1 Å². The third-order valence-electron chi connectivity index (χ3n) is 4.29. The highest BCUT2D eigenvalue weighted by molar-refractivity contribution is 5.93. The van der Waals surface area contributed by atoms with Crippen LogP contribution in [0.5, 0.6) is 0 Å². The topological polar surface area (TPSA) is 84.7 Å². The number of carbonyl (C=O) groups excluding carboxylic acids is 2. The molecule has 1 unspecified atom stereocenters. The van der Waals surface area contributed by atoms with Crippen molar-refractivity contribution in [1.29, 1.82) is 0 Å². The second-order valence-electron chi connectivity index (χ2n) is 5.88. The van der Waals surface area contributed by atoms with Gasteiger partial charge >= 0.3 is 0 Å². The van der Waals surface area contributed by atoms with E-state index < -0.39 is 11.6 Å². The maximum absolute atomic E-state index is 12.5. The van der Waals surface area contributed by atoms with E-state index in [9.17, 15) is 9.59 Å². The second kappa shape index (κ2) is 4.76. The fourth-order valence-electron chi connectivity index (χ4n) is 2.65. The van der Waals surface area contributed by atoms with Gasteiger partial charge < -0.3 is 20.7 Å². The summed E-state index contributed by atoms with van der Waals surface area (Å²) in [7, 11) is 0. The van der Waals surface area contributed by atoms with Crippen LogP contribution >= 0.6 is 0 Å². The molecular weight excluding hydrogens is 246 g/mol. The van der Waals surface area contributed by atoms with Gasteiger partial charge in [0.05, 0.1) is 18.8 Å². The molecule has 0 aromatic rings. The highest BCUT2D eigenvalue weighted by atomic mass is 16.5. The lowest BCUT2D eigenvalue weighted by Crippen LogP contribution is -2.65. The van der Waals surface area contributed by atoms with Gasteiger partial charge in [0.2, 0.25) is 11.8 Å². The van der Waals surface area contributed by atoms with Gasteiger partial charge in [-0.3, -0.25) is 9.59 Å². The number of amides is 2. The highest BCUT2D eigenvalue weighted by Gasteiger charge is 2.46. The van der Waals surface area contributed by atoms with Crippen LogP contribution in [-0.2, 0) is 14.3 Å². The zero-order valence-electron chi connectivity index (χ0n) is 11.1. The molecule has 3 rings (SSSR count). The van der Waals surface area contributed by atoms with Crippen LogP contribution in [0.4, 0.5) is 0 Å². The van der Waals surface area contributed by atoms with Crippen LogP contribution in [0.25, 0.3) is 0 Å². The van der Waals surface area contributed by atoms with Crippen molar-refractivity contribution in [3.8, 4) is 0 Å². The van der Waals surface area contributed by atoms with Crippen molar-refractivity contribution in [3.63, 3.8) is 0 Å². The lowest BCUT2D eigenvalue weighted by Gasteiger charge is -2.44. The van der Waals surface area contributed by atoms with Crippen LogP contribution in [-0.4, -0.2) is 54.1 Å². The molecule has 19 heavy (non-hydrogen) atoms. The Kier molecular flexibility index (Phi) is 3.22. The lowest BCUT2D eigenvalue weighted by molar-refractivity contribution is -0.155. The summed E-state index contributed by atoms with van der Waals surface area (Å²) in [6.07, 6.45) is 4.51. The number of nitrogens with zero attached hydrogens (tertiary/aromatic N) is 1. The van der Waals surface area contributed by atoms with Crippen LogP contribution in [0.2, 0.25) is 0 Å². The fraction of sp³-hybridized carbons (Fsp3) is 0.846. The molecule has 0 spiro atoms. The molecule has 1 heterocycles. The SMILES string of the molecule is NC1(C(=O)N2CCOCC2C(=O)NC2CC2)CCC1. The molecule has 2 amide bonds. The number of nitrogens with two attached hydrogens (primary N) is 1. The molecule has 6 heteroatoms. The number of morpholine rings is 1. The number of ether oxygens (including phenoxy) is 1. The van der Waals surface area contributed by atoms with Crippen LogP contribution in [0, 0.1) is 0 Å². The number of nitrogens with one attached hydrogen (secondary N) is 1. The van der Waals surface area contributed by atoms with Gasteiger partial charge in [-0.2, -0.15) is 0 Å². The number of rotatable bonds is 3. The maximum Gasteiger partial charge on any atom is 0.245 e. The van der Waals surface area contributed by atoms with E-state index in [1.54, 1.807) is 4.90 Å². The van der Waals surface area contributed by atoms with Crippen LogP contribution in [0.1, 0.15) is 32.1 Å². The van der Waals surface area contributed by atoms with E-state index in [2.05, 4.69) is 5.32 Å². The Morgan fingerprint density at radius 3 is 2.63 bits per heavy atom. The summed E-state index contributed by atoms with van der Waals surface area (Å²) in [5, 5.41) is 2.94. The summed E-state index contributed by atoms with van der Waals surface area (Å²) in [6, 6.07) is -0.218. The molecule has 3 aliphatic rings. The Bertz CT molecular complexity index is 391. The molecule has 3 N–H and O–H groups in total. The lowest BCUT2D eigenvalue weighted by atomic mass is 9.76. The van der Waals surface area contributed by atoms with Crippen molar-refractivity contribution in [3.05, 3.63) is 0 Å². The van der Waals surface area contributed by atoms with E-state index in [1.807, 2.05) is 0 Å². The van der Waals surface area contributed by atoms with E-state index in [0.717, 1.165) is 32.1 Å². The summed E-state index contributed by atoms with van der Waals surface area (Å²) >= 11 is 0. The van der Waals surface area contributed by atoms with Crippen LogP contribution in [0.3, 0.4) is 0 Å². The van der Waals surface area contributed by atoms with Gasteiger partial charge in [0.15, 0.2) is 0 Å². The van der Waals surface area contributed by atoms with Crippen LogP contribution < -0.4 is 11.1 Å². The normalized spacial score (nSPS) is 29.5. The Morgan fingerprint density at radius 1 is 1.32 bits per heavy atom. The van der Waals surface area contributed by atoms with E-state index >= 15 is 0 Å². The Balaban J connectivity index is 1.68. The first-order valence-corrected chi connectivity index (χ1v) is 7.08. The Morgan fingerprint density at radius 2 is 2.05 bits per heavy atom. The smallest absolute Gasteiger partial charge is 0.245 e. The second-order valence-corrected chi connectivity index (χ2v) is 5.88. The minimum Gasteiger partial charge on any atom is -0.377 e. The van der Waals surface area contributed by atoms with Crippen molar-refractivity contribution in [2.24, 2.45) is 5.73 Å². The van der Waals surface area contributed by atoms with E-state index in [-0.39, 0.29) is 18.4 Å². The largest absolute Gasteiger partial charge is 0.377 e. The van der Waals surface area contributed by atoms with Gasteiger partial charge in [-0.15, -0.1) is 0 Å². The molecule has 1 atom stereocenters. The van der Waals surface area contributed by atoms with Crippen molar-refractivity contribution in [2.75, 3.05) is 19.8 Å². The fourth-order valence-corrected chi connectivity index (χ4v) is 2.65. The Hall–Kier alpha value is -1.14. The highest BCUT2D eigenvalue weighted by Crippen LogP contribution is 2.32. The van der Waals surface area contributed by atoms with Gasteiger partial charge in [0.25, 0.3) is 0 Å². The van der Waals surface area contributed by atoms with Gasteiger partial charge in [-0.1, -0.05) is 0 Å². The molecule has 106 valence electrons. The molecule has 2 saturated carbocycles. The summed E-state index contributed by atoms with van der Waals surface area (Å²) in [5.74, 6) is -0.184. The van der Waals surface area contributed by atoms with Crippen molar-refractivity contribution in [2.45, 2.75) is 49.7 Å². The monoisotopic (exact) mass is 267 g/mol. The quantitative estimate of drug-likeness (QED) is 0.713. The third-order valence-corrected chi connectivity index (χ3v) is 4.29. The molecule has 0 radical (unpaired) electrons. The molecular formula is C13H21N3O3. The number of hydrogen-bond donors (Lipinski definition) is 2. The predicted molar refractivity (Wildman–Crippen MR) is 68.3 cm³/mol. The predicted octanol–water partition coefficient (Wildman–Crippen LogP) is -0.626. The molecule has 6 nitrogen and oxygen atoms in total. The van der Waals surface area contributed by atoms with Crippen molar-refractivity contribution in [1.82, 2.24) is 10.2 Å². The number of carbonyl (C=O) groups is 2. The molecule has 0 aromatic carbocycles. The average Bonchev–Trinajstić information content (AvgIpc) is 3.19. The van der Waals surface area contributed by atoms with E-state index in [0.29, 0.717) is 19.2 Å². The standard InChI is InChI=1S/C13H21N3O3/c14-13(4-1-5-13)12(18)16-6-7-19-8-10(16)11(17)15-9-2-3-9/h9-10H,1-8,14H2,(H,15,17). The summed E-state index contributed by atoms with van der Waals surface area (Å²) in [6.45, 7) is 1.22. The Labute approximate surface area is 112 Å². The molecule has 2 aliphatic carbocycles. The molecule has 0 aromatic heterocycles. The first-order valence-electron chi connectivity index (χ1n) is 7.08. The zero-order valence-corrected chi connectivity index (χ0v) is 11.1. The number of hydrogen-bond acceptors (Lipinski definition) is 4. The van der Waals surface area contributed by atoms with Gasteiger partial charge in [0.1, 0.15) is 6.04 Å². The van der Waals surface area contributed by atoms with E-state index in [4.69, 9.17) is 10.5 Å². The average molecular weight is 267 g/mol. The molecule has 1 saturated heterocycles. The van der Waals surface area contributed by atoms with Gasteiger partial charge in [-0.25, -0.2) is 0 Å². The van der Waals surface area contributed by atoms with Crippen molar-refractivity contribution < 1.29 is 14.3 Å². The third kappa shape index (κ3) is 2.47. The summed E-state index contributed by atoms with van der Waals surface area (Å²) in [5.41, 5.74) is 5.35. The van der Waals surface area contributed by atoms with Crippen LogP contribution in [0.15, 0.2) is 0 Å².